The van der Waals surface area contributed by atoms with E-state index in [2.05, 4.69) is 0 Å². The monoisotopic (exact) mass is 302 g/mol. The summed E-state index contributed by atoms with van der Waals surface area (Å²) in [6.07, 6.45) is -0.802. The number of benzene rings is 1. The highest BCUT2D eigenvalue weighted by molar-refractivity contribution is 5.39. The summed E-state index contributed by atoms with van der Waals surface area (Å²) in [5.41, 5.74) is 0.0473. The summed E-state index contributed by atoms with van der Waals surface area (Å²) < 4.78 is 50.4. The summed E-state index contributed by atoms with van der Waals surface area (Å²) in [6, 6.07) is 4.42. The molecule has 1 aliphatic heterocycles. The van der Waals surface area contributed by atoms with Crippen molar-refractivity contribution in [3.05, 3.63) is 29.3 Å². The molecule has 0 radical (unpaired) electrons. The minimum absolute atomic E-state index is 0.0605. The first-order chi connectivity index (χ1) is 10.0. The minimum atomic E-state index is -4.39. The smallest absolute Gasteiger partial charge is 0.419 e. The number of hydrogen-bond acceptors (Lipinski definition) is 2. The third kappa shape index (κ3) is 4.63. The molecule has 1 saturated heterocycles. The first kappa shape index (κ1) is 16.1. The predicted octanol–water partition coefficient (Wildman–Crippen LogP) is 4.61. The van der Waals surface area contributed by atoms with Crippen LogP contribution in [0.2, 0.25) is 0 Å². The van der Waals surface area contributed by atoms with Crippen molar-refractivity contribution in [3.8, 4) is 5.75 Å². The van der Waals surface area contributed by atoms with Gasteiger partial charge in [-0.05, 0) is 30.5 Å². The summed E-state index contributed by atoms with van der Waals surface area (Å²) in [4.78, 5) is 0. The molecule has 0 atom stereocenters. The highest BCUT2D eigenvalue weighted by atomic mass is 19.4. The Morgan fingerprint density at radius 1 is 1.24 bits per heavy atom. The molecule has 0 saturated carbocycles. The van der Waals surface area contributed by atoms with E-state index in [1.165, 1.54) is 12.1 Å². The van der Waals surface area contributed by atoms with Crippen molar-refractivity contribution in [1.29, 1.82) is 0 Å². The average Bonchev–Trinajstić information content (AvgIpc) is 2.46. The largest absolute Gasteiger partial charge is 0.490 e. The van der Waals surface area contributed by atoms with Gasteiger partial charge in [-0.25, -0.2) is 0 Å². The summed E-state index contributed by atoms with van der Waals surface area (Å²) >= 11 is 0. The van der Waals surface area contributed by atoms with Crippen LogP contribution in [0.5, 0.6) is 5.75 Å². The zero-order valence-corrected chi connectivity index (χ0v) is 12.2. The topological polar surface area (TPSA) is 18.5 Å². The van der Waals surface area contributed by atoms with Crippen molar-refractivity contribution >= 4 is 0 Å². The zero-order chi connectivity index (χ0) is 15.3. The fourth-order valence-electron chi connectivity index (χ4n) is 2.41. The summed E-state index contributed by atoms with van der Waals surface area (Å²) in [5, 5.41) is 0. The molecule has 0 bridgehead atoms. The van der Waals surface area contributed by atoms with Crippen LogP contribution < -0.4 is 4.74 Å². The van der Waals surface area contributed by atoms with Crippen molar-refractivity contribution < 1.29 is 22.6 Å². The van der Waals surface area contributed by atoms with Gasteiger partial charge >= 0.3 is 6.18 Å². The standard InChI is InChI=1S/C16H21F3O2/c1-2-3-4-12-5-6-15(14(11-12)16(17,18)19)21-13-7-9-20-10-8-13/h5-6,11,13H,2-4,7-10H2,1H3. The zero-order valence-electron chi connectivity index (χ0n) is 12.2. The maximum absolute atomic E-state index is 13.2. The van der Waals surface area contributed by atoms with Crippen molar-refractivity contribution in [2.45, 2.75) is 51.3 Å². The lowest BCUT2D eigenvalue weighted by Crippen LogP contribution is -2.26. The Hall–Kier alpha value is -1.23. The fourth-order valence-corrected chi connectivity index (χ4v) is 2.41. The number of hydrogen-bond donors (Lipinski definition) is 0. The van der Waals surface area contributed by atoms with Crippen LogP contribution in [0.25, 0.3) is 0 Å². The minimum Gasteiger partial charge on any atom is -0.490 e. The van der Waals surface area contributed by atoms with Gasteiger partial charge in [-0.1, -0.05) is 19.4 Å². The van der Waals surface area contributed by atoms with Gasteiger partial charge in [-0.3, -0.25) is 0 Å². The fraction of sp³-hybridized carbons (Fsp3) is 0.625. The quantitative estimate of drug-likeness (QED) is 0.791. The highest BCUT2D eigenvalue weighted by Gasteiger charge is 2.35. The Kier molecular flexibility index (Phi) is 5.51. The molecule has 0 unspecified atom stereocenters. The number of alkyl halides is 3. The van der Waals surface area contributed by atoms with E-state index in [0.29, 0.717) is 38.0 Å². The highest BCUT2D eigenvalue weighted by Crippen LogP contribution is 2.38. The van der Waals surface area contributed by atoms with Crippen LogP contribution in [0, 0.1) is 0 Å². The molecule has 0 aromatic heterocycles. The Labute approximate surface area is 123 Å². The lowest BCUT2D eigenvalue weighted by Gasteiger charge is -2.25. The number of aryl methyl sites for hydroxylation is 1. The van der Waals surface area contributed by atoms with Gasteiger partial charge in [0.25, 0.3) is 0 Å². The van der Waals surface area contributed by atoms with Crippen LogP contribution in [-0.4, -0.2) is 19.3 Å². The molecule has 2 nitrogen and oxygen atoms in total. The van der Waals surface area contributed by atoms with Crippen LogP contribution in [0.15, 0.2) is 18.2 Å². The Morgan fingerprint density at radius 2 is 1.95 bits per heavy atom. The molecule has 1 fully saturated rings. The van der Waals surface area contributed by atoms with E-state index in [0.717, 1.165) is 12.8 Å². The molecule has 0 N–H and O–H groups in total. The van der Waals surface area contributed by atoms with Gasteiger partial charge in [-0.15, -0.1) is 0 Å². The van der Waals surface area contributed by atoms with Gasteiger partial charge in [0.1, 0.15) is 11.9 Å². The summed E-state index contributed by atoms with van der Waals surface area (Å²) in [6.45, 7) is 3.11. The summed E-state index contributed by atoms with van der Waals surface area (Å²) in [7, 11) is 0. The molecule has 5 heteroatoms. The first-order valence-corrected chi connectivity index (χ1v) is 7.45. The van der Waals surface area contributed by atoms with E-state index in [-0.39, 0.29) is 11.9 Å². The van der Waals surface area contributed by atoms with E-state index in [1.54, 1.807) is 6.07 Å². The van der Waals surface area contributed by atoms with Crippen molar-refractivity contribution in [2.24, 2.45) is 0 Å². The second kappa shape index (κ2) is 7.16. The third-order valence-corrected chi connectivity index (χ3v) is 3.63. The van der Waals surface area contributed by atoms with Crippen LogP contribution in [0.3, 0.4) is 0 Å². The van der Waals surface area contributed by atoms with Gasteiger partial charge in [0.2, 0.25) is 0 Å². The molecular formula is C16H21F3O2. The molecule has 0 spiro atoms. The number of halogens is 3. The van der Waals surface area contributed by atoms with Crippen LogP contribution in [0.1, 0.15) is 43.7 Å². The first-order valence-electron chi connectivity index (χ1n) is 7.45. The Morgan fingerprint density at radius 3 is 2.57 bits per heavy atom. The van der Waals surface area contributed by atoms with Gasteiger partial charge in [0.15, 0.2) is 0 Å². The second-order valence-corrected chi connectivity index (χ2v) is 5.36. The Bertz CT molecular complexity index is 451. The molecule has 1 aromatic rings. The van der Waals surface area contributed by atoms with E-state index in [1.807, 2.05) is 6.92 Å². The average molecular weight is 302 g/mol. The molecule has 21 heavy (non-hydrogen) atoms. The molecule has 2 rings (SSSR count). The van der Waals surface area contributed by atoms with Gasteiger partial charge in [0, 0.05) is 12.8 Å². The van der Waals surface area contributed by atoms with Crippen LogP contribution >= 0.6 is 0 Å². The van der Waals surface area contributed by atoms with Crippen LogP contribution in [-0.2, 0) is 17.3 Å². The van der Waals surface area contributed by atoms with Crippen molar-refractivity contribution in [3.63, 3.8) is 0 Å². The maximum Gasteiger partial charge on any atom is 0.419 e. The SMILES string of the molecule is CCCCc1ccc(OC2CCOCC2)c(C(F)(F)F)c1. The molecule has 1 aromatic carbocycles. The van der Waals surface area contributed by atoms with Gasteiger partial charge in [-0.2, -0.15) is 13.2 Å². The molecule has 0 amide bonds. The van der Waals surface area contributed by atoms with Gasteiger partial charge in [0.05, 0.1) is 18.8 Å². The van der Waals surface area contributed by atoms with E-state index in [9.17, 15) is 13.2 Å². The van der Waals surface area contributed by atoms with E-state index < -0.39 is 11.7 Å². The predicted molar refractivity (Wildman–Crippen MR) is 74.5 cm³/mol. The van der Waals surface area contributed by atoms with E-state index >= 15 is 0 Å². The lowest BCUT2D eigenvalue weighted by molar-refractivity contribution is -0.139. The molecular weight excluding hydrogens is 281 g/mol. The third-order valence-electron chi connectivity index (χ3n) is 3.63. The molecule has 1 heterocycles. The lowest BCUT2D eigenvalue weighted by atomic mass is 10.0. The van der Waals surface area contributed by atoms with Gasteiger partial charge < -0.3 is 9.47 Å². The van der Waals surface area contributed by atoms with Crippen molar-refractivity contribution in [2.75, 3.05) is 13.2 Å². The summed E-state index contributed by atoms with van der Waals surface area (Å²) in [5.74, 6) is -0.0605. The molecule has 0 aliphatic carbocycles. The second-order valence-electron chi connectivity index (χ2n) is 5.36. The van der Waals surface area contributed by atoms with E-state index in [4.69, 9.17) is 9.47 Å². The number of ether oxygens (including phenoxy) is 2. The van der Waals surface area contributed by atoms with Crippen LogP contribution in [0.4, 0.5) is 13.2 Å². The number of unbranched alkanes of at least 4 members (excludes halogenated alkanes) is 1. The Balaban J connectivity index is 2.18. The maximum atomic E-state index is 13.2. The van der Waals surface area contributed by atoms with Crippen molar-refractivity contribution in [1.82, 2.24) is 0 Å². The number of rotatable bonds is 5. The molecule has 118 valence electrons. The normalized spacial score (nSPS) is 17.0. The molecule has 1 aliphatic rings.